The van der Waals surface area contributed by atoms with Crippen molar-refractivity contribution in [3.05, 3.63) is 97.6 Å². The molecule has 0 aliphatic rings. The number of ether oxygens (including phenoxy) is 5. The van der Waals surface area contributed by atoms with Crippen LogP contribution in [0.25, 0.3) is 0 Å². The number of hydrogen-bond acceptors (Lipinski definition) is 7. The van der Waals surface area contributed by atoms with Crippen LogP contribution in [0.5, 0.6) is 34.5 Å². The molecule has 2 heterocycles. The summed E-state index contributed by atoms with van der Waals surface area (Å²) in [6.45, 7) is 0.285. The zero-order valence-corrected chi connectivity index (χ0v) is 18.6. The summed E-state index contributed by atoms with van der Waals surface area (Å²) in [6.07, 6.45) is 11.8. The molecule has 7 nitrogen and oxygen atoms in total. The van der Waals surface area contributed by atoms with Gasteiger partial charge in [0.05, 0.1) is 0 Å². The van der Waals surface area contributed by atoms with Crippen molar-refractivity contribution >= 4 is 0 Å². The van der Waals surface area contributed by atoms with Crippen molar-refractivity contribution in [2.24, 2.45) is 0 Å². The highest BCUT2D eigenvalue weighted by atomic mass is 16.5. The molecule has 0 N–H and O–H groups in total. The lowest BCUT2D eigenvalue weighted by Crippen LogP contribution is -1.94. The molecular formula is C28H20N2O5. The van der Waals surface area contributed by atoms with Crippen LogP contribution in [0.15, 0.2) is 97.6 Å². The molecule has 0 saturated carbocycles. The average molecular weight is 464 g/mol. The van der Waals surface area contributed by atoms with E-state index in [2.05, 4.69) is 34.0 Å². The molecule has 0 atom stereocenters. The Morgan fingerprint density at radius 1 is 0.514 bits per heavy atom. The highest BCUT2D eigenvalue weighted by Gasteiger charge is 2.05. The fourth-order valence-corrected chi connectivity index (χ4v) is 2.70. The summed E-state index contributed by atoms with van der Waals surface area (Å²) < 4.78 is 28.0. The predicted octanol–water partition coefficient (Wildman–Crippen LogP) is 5.46. The van der Waals surface area contributed by atoms with Gasteiger partial charge in [0.1, 0.15) is 36.9 Å². The van der Waals surface area contributed by atoms with Crippen molar-refractivity contribution in [2.45, 2.75) is 0 Å². The van der Waals surface area contributed by atoms with Gasteiger partial charge in [0.25, 0.3) is 0 Å². The van der Waals surface area contributed by atoms with E-state index in [1.54, 1.807) is 73.3 Å². The van der Waals surface area contributed by atoms with Crippen molar-refractivity contribution in [3.63, 3.8) is 0 Å². The summed E-state index contributed by atoms with van der Waals surface area (Å²) in [7, 11) is 0. The molecule has 0 radical (unpaired) electrons. The van der Waals surface area contributed by atoms with Crippen LogP contribution in [0.3, 0.4) is 0 Å². The van der Waals surface area contributed by atoms with Gasteiger partial charge in [0.15, 0.2) is 23.0 Å². The molecule has 0 aliphatic carbocycles. The van der Waals surface area contributed by atoms with Crippen molar-refractivity contribution in [1.82, 2.24) is 9.97 Å². The fraction of sp³-hybridized carbons (Fsp3) is 0.0714. The largest absolute Gasteiger partial charge is 0.453 e. The van der Waals surface area contributed by atoms with E-state index in [4.69, 9.17) is 23.7 Å². The highest BCUT2D eigenvalue weighted by molar-refractivity contribution is 5.44. The summed E-state index contributed by atoms with van der Waals surface area (Å²) in [6, 6.07) is 21.5. The van der Waals surface area contributed by atoms with Crippen LogP contribution < -0.4 is 18.9 Å². The number of hydrogen-bond donors (Lipinski definition) is 0. The molecule has 0 bridgehead atoms. The molecule has 0 aliphatic heterocycles. The van der Waals surface area contributed by atoms with E-state index in [9.17, 15) is 0 Å². The van der Waals surface area contributed by atoms with E-state index in [-0.39, 0.29) is 13.2 Å². The second-order valence-corrected chi connectivity index (χ2v) is 6.72. The number of pyridine rings is 2. The summed E-state index contributed by atoms with van der Waals surface area (Å²) in [5, 5.41) is 0. The zero-order chi connectivity index (χ0) is 24.0. The minimum absolute atomic E-state index is 0.143. The highest BCUT2D eigenvalue weighted by Crippen LogP contribution is 2.31. The summed E-state index contributed by atoms with van der Waals surface area (Å²) >= 11 is 0. The average Bonchev–Trinajstić information content (AvgIpc) is 2.91. The third-order valence-electron chi connectivity index (χ3n) is 4.27. The Labute approximate surface area is 203 Å². The van der Waals surface area contributed by atoms with Gasteiger partial charge < -0.3 is 23.7 Å². The van der Waals surface area contributed by atoms with Gasteiger partial charge in [-0.05, 0) is 60.4 Å². The van der Waals surface area contributed by atoms with Gasteiger partial charge in [-0.25, -0.2) is 0 Å². The van der Waals surface area contributed by atoms with Gasteiger partial charge in [-0.15, -0.1) is 0 Å². The molecule has 4 aromatic rings. The van der Waals surface area contributed by atoms with Crippen molar-refractivity contribution < 1.29 is 23.7 Å². The minimum Gasteiger partial charge on any atom is -0.453 e. The molecule has 4 rings (SSSR count). The maximum Gasteiger partial charge on any atom is 0.182 e. The van der Waals surface area contributed by atoms with Gasteiger partial charge in [-0.3, -0.25) is 9.97 Å². The van der Waals surface area contributed by atoms with Crippen LogP contribution in [-0.4, -0.2) is 23.2 Å². The monoisotopic (exact) mass is 464 g/mol. The molecule has 0 unspecified atom stereocenters. The van der Waals surface area contributed by atoms with Gasteiger partial charge in [-0.1, -0.05) is 24.3 Å². The van der Waals surface area contributed by atoms with Crippen molar-refractivity contribution in [2.75, 3.05) is 13.2 Å². The molecule has 35 heavy (non-hydrogen) atoms. The Hall–Kier alpha value is -4.98. The Bertz CT molecular complexity index is 1230. The molecule has 0 amide bonds. The molecular weight excluding hydrogens is 444 g/mol. The smallest absolute Gasteiger partial charge is 0.182 e. The first-order valence-corrected chi connectivity index (χ1v) is 10.6. The number of aromatic nitrogens is 2. The first-order valence-electron chi connectivity index (χ1n) is 10.6. The Kier molecular flexibility index (Phi) is 8.55. The van der Waals surface area contributed by atoms with E-state index < -0.39 is 0 Å². The second-order valence-electron chi connectivity index (χ2n) is 6.72. The van der Waals surface area contributed by atoms with Crippen LogP contribution in [0.2, 0.25) is 0 Å². The van der Waals surface area contributed by atoms with E-state index in [1.165, 1.54) is 0 Å². The Balaban J connectivity index is 1.21. The maximum atomic E-state index is 5.80. The third kappa shape index (κ3) is 7.54. The van der Waals surface area contributed by atoms with Crippen LogP contribution in [0.4, 0.5) is 0 Å². The quantitative estimate of drug-likeness (QED) is 0.253. The number of benzene rings is 2. The minimum atomic E-state index is 0.143. The SMILES string of the molecule is C(#COc1ccccc1Oc1ccncc1)COCC#COc1ccccc1Oc1ccncc1. The predicted molar refractivity (Wildman–Crippen MR) is 129 cm³/mol. The van der Waals surface area contributed by atoms with Gasteiger partial charge >= 0.3 is 0 Å². The molecule has 0 saturated heterocycles. The molecule has 0 fully saturated rings. The first-order chi connectivity index (χ1) is 17.4. The van der Waals surface area contributed by atoms with E-state index in [1.807, 2.05) is 24.3 Å². The number of rotatable bonds is 8. The van der Waals surface area contributed by atoms with Gasteiger partial charge in [-0.2, -0.15) is 0 Å². The Morgan fingerprint density at radius 3 is 1.34 bits per heavy atom. The molecule has 2 aromatic carbocycles. The zero-order valence-electron chi connectivity index (χ0n) is 18.6. The fourth-order valence-electron chi connectivity index (χ4n) is 2.70. The van der Waals surface area contributed by atoms with E-state index in [0.29, 0.717) is 34.5 Å². The normalized spacial score (nSPS) is 9.60. The maximum absolute atomic E-state index is 5.80. The van der Waals surface area contributed by atoms with Crippen LogP contribution in [0.1, 0.15) is 0 Å². The van der Waals surface area contributed by atoms with Crippen molar-refractivity contribution in [1.29, 1.82) is 0 Å². The lowest BCUT2D eigenvalue weighted by molar-refractivity contribution is 0.203. The first kappa shape index (κ1) is 23.2. The number of para-hydroxylation sites is 4. The molecule has 0 spiro atoms. The third-order valence-corrected chi connectivity index (χ3v) is 4.27. The topological polar surface area (TPSA) is 71.9 Å². The van der Waals surface area contributed by atoms with Crippen LogP contribution in [-0.2, 0) is 4.74 Å². The lowest BCUT2D eigenvalue weighted by atomic mass is 10.3. The molecule has 2 aromatic heterocycles. The van der Waals surface area contributed by atoms with E-state index >= 15 is 0 Å². The van der Waals surface area contributed by atoms with E-state index in [0.717, 1.165) is 0 Å². The second kappa shape index (κ2) is 12.9. The standard InChI is InChI=1S/C28H20N2O5/c1-3-9-27(34-23-11-15-29-16-12-23)25(7-1)32-21-5-19-31-20-6-22-33-26-8-2-4-10-28(26)35-24-13-17-30-18-14-24/h1-4,7-18H,19-20H2. The van der Waals surface area contributed by atoms with Crippen LogP contribution >= 0.6 is 0 Å². The lowest BCUT2D eigenvalue weighted by Gasteiger charge is -2.08. The molecule has 172 valence electrons. The van der Waals surface area contributed by atoms with Crippen LogP contribution in [0, 0.1) is 24.1 Å². The summed E-state index contributed by atoms with van der Waals surface area (Å²) in [5.74, 6) is 8.95. The summed E-state index contributed by atoms with van der Waals surface area (Å²) in [5.41, 5.74) is 0. The number of nitrogens with zero attached hydrogens (tertiary/aromatic N) is 2. The van der Waals surface area contributed by atoms with Gasteiger partial charge in [0, 0.05) is 24.8 Å². The summed E-state index contributed by atoms with van der Waals surface area (Å²) in [4.78, 5) is 7.94. The van der Waals surface area contributed by atoms with Crippen molar-refractivity contribution in [3.8, 4) is 58.6 Å². The Morgan fingerprint density at radius 2 is 0.914 bits per heavy atom. The van der Waals surface area contributed by atoms with Gasteiger partial charge in [0.2, 0.25) is 0 Å². The molecule has 7 heteroatoms.